The molecule has 1 aromatic carbocycles. The molecule has 0 saturated carbocycles. The number of aliphatic carboxylic acids is 1. The van der Waals surface area contributed by atoms with Crippen LogP contribution in [0.15, 0.2) is 28.7 Å². The Morgan fingerprint density at radius 3 is 2.61 bits per heavy atom. The van der Waals surface area contributed by atoms with Gasteiger partial charge in [0.15, 0.2) is 0 Å². The van der Waals surface area contributed by atoms with Crippen LogP contribution in [-0.4, -0.2) is 23.0 Å². The Hall–Kier alpha value is -1.36. The normalized spacial score (nSPS) is 11.9. The standard InChI is InChI=1S/C13H16BrNO3/c1-2-5-11(13(17)18)15-12(16)8-9-6-3-4-7-10(9)14/h3-4,6-7,11H,2,5,8H2,1H3,(H,15,16)(H,17,18). The molecule has 0 fully saturated rings. The number of halogens is 1. The summed E-state index contributed by atoms with van der Waals surface area (Å²) in [6.45, 7) is 1.88. The zero-order valence-electron chi connectivity index (χ0n) is 10.1. The van der Waals surface area contributed by atoms with Gasteiger partial charge in [-0.2, -0.15) is 0 Å². The van der Waals surface area contributed by atoms with Gasteiger partial charge in [-0.25, -0.2) is 4.79 Å². The van der Waals surface area contributed by atoms with Crippen LogP contribution in [0.25, 0.3) is 0 Å². The summed E-state index contributed by atoms with van der Waals surface area (Å²) >= 11 is 3.35. The van der Waals surface area contributed by atoms with Crippen molar-refractivity contribution in [3.05, 3.63) is 34.3 Å². The van der Waals surface area contributed by atoms with Crippen LogP contribution in [0, 0.1) is 0 Å². The minimum Gasteiger partial charge on any atom is -0.480 e. The maximum absolute atomic E-state index is 11.8. The smallest absolute Gasteiger partial charge is 0.326 e. The van der Waals surface area contributed by atoms with Gasteiger partial charge in [0, 0.05) is 4.47 Å². The second kappa shape index (κ2) is 7.16. The molecule has 4 nitrogen and oxygen atoms in total. The van der Waals surface area contributed by atoms with E-state index in [1.54, 1.807) is 0 Å². The Labute approximate surface area is 115 Å². The maximum Gasteiger partial charge on any atom is 0.326 e. The molecule has 1 amide bonds. The first-order valence-electron chi connectivity index (χ1n) is 5.80. The number of carboxylic acids is 1. The van der Waals surface area contributed by atoms with E-state index in [2.05, 4.69) is 21.2 Å². The van der Waals surface area contributed by atoms with Crippen molar-refractivity contribution in [1.29, 1.82) is 0 Å². The fourth-order valence-electron chi connectivity index (χ4n) is 1.61. The molecular formula is C13H16BrNO3. The van der Waals surface area contributed by atoms with E-state index in [9.17, 15) is 9.59 Å². The molecule has 2 N–H and O–H groups in total. The van der Waals surface area contributed by atoms with Crippen molar-refractivity contribution in [2.24, 2.45) is 0 Å². The first-order chi connectivity index (χ1) is 8.54. The molecule has 1 aromatic rings. The second-order valence-electron chi connectivity index (χ2n) is 4.02. The first kappa shape index (κ1) is 14.7. The van der Waals surface area contributed by atoms with Crippen molar-refractivity contribution < 1.29 is 14.7 Å². The largest absolute Gasteiger partial charge is 0.480 e. The summed E-state index contributed by atoms with van der Waals surface area (Å²) in [7, 11) is 0. The third kappa shape index (κ3) is 4.49. The van der Waals surface area contributed by atoms with Gasteiger partial charge in [-0.3, -0.25) is 4.79 Å². The van der Waals surface area contributed by atoms with Crippen LogP contribution in [0.4, 0.5) is 0 Å². The summed E-state index contributed by atoms with van der Waals surface area (Å²) in [5, 5.41) is 11.5. The number of hydrogen-bond donors (Lipinski definition) is 2. The van der Waals surface area contributed by atoms with Crippen LogP contribution in [-0.2, 0) is 16.0 Å². The van der Waals surface area contributed by atoms with Crippen molar-refractivity contribution >= 4 is 27.8 Å². The molecular weight excluding hydrogens is 298 g/mol. The molecule has 0 spiro atoms. The molecule has 1 unspecified atom stereocenters. The number of carboxylic acid groups (broad SMARTS) is 1. The van der Waals surface area contributed by atoms with Crippen molar-refractivity contribution in [3.63, 3.8) is 0 Å². The number of rotatable bonds is 6. The summed E-state index contributed by atoms with van der Waals surface area (Å²) in [4.78, 5) is 22.7. The average Bonchev–Trinajstić information content (AvgIpc) is 2.31. The van der Waals surface area contributed by atoms with E-state index >= 15 is 0 Å². The summed E-state index contributed by atoms with van der Waals surface area (Å²) < 4.78 is 0.850. The van der Waals surface area contributed by atoms with E-state index in [0.717, 1.165) is 10.0 Å². The molecule has 0 aromatic heterocycles. The van der Waals surface area contributed by atoms with Gasteiger partial charge in [0.05, 0.1) is 6.42 Å². The van der Waals surface area contributed by atoms with Crippen molar-refractivity contribution in [2.75, 3.05) is 0 Å². The number of carbonyl (C=O) groups is 2. The zero-order chi connectivity index (χ0) is 13.5. The lowest BCUT2D eigenvalue weighted by Gasteiger charge is -2.13. The summed E-state index contributed by atoms with van der Waals surface area (Å²) in [6, 6.07) is 6.59. The summed E-state index contributed by atoms with van der Waals surface area (Å²) in [5.41, 5.74) is 0.843. The highest BCUT2D eigenvalue weighted by Crippen LogP contribution is 2.16. The van der Waals surface area contributed by atoms with Gasteiger partial charge in [-0.15, -0.1) is 0 Å². The van der Waals surface area contributed by atoms with E-state index in [-0.39, 0.29) is 12.3 Å². The number of nitrogens with one attached hydrogen (secondary N) is 1. The van der Waals surface area contributed by atoms with E-state index in [1.165, 1.54) is 0 Å². The molecule has 1 rings (SSSR count). The lowest BCUT2D eigenvalue weighted by atomic mass is 10.1. The fraction of sp³-hybridized carbons (Fsp3) is 0.385. The Morgan fingerprint density at radius 2 is 2.06 bits per heavy atom. The maximum atomic E-state index is 11.8. The molecule has 18 heavy (non-hydrogen) atoms. The van der Waals surface area contributed by atoms with E-state index in [1.807, 2.05) is 31.2 Å². The van der Waals surface area contributed by atoms with Crippen LogP contribution < -0.4 is 5.32 Å². The van der Waals surface area contributed by atoms with Crippen molar-refractivity contribution in [3.8, 4) is 0 Å². The van der Waals surface area contributed by atoms with Gasteiger partial charge in [-0.05, 0) is 18.1 Å². The van der Waals surface area contributed by atoms with E-state index < -0.39 is 12.0 Å². The molecule has 1 atom stereocenters. The van der Waals surface area contributed by atoms with E-state index in [4.69, 9.17) is 5.11 Å². The third-order valence-electron chi connectivity index (χ3n) is 2.52. The lowest BCUT2D eigenvalue weighted by molar-refractivity contribution is -0.141. The molecule has 0 heterocycles. The van der Waals surface area contributed by atoms with Gasteiger partial charge in [0.1, 0.15) is 6.04 Å². The van der Waals surface area contributed by atoms with Crippen molar-refractivity contribution in [2.45, 2.75) is 32.2 Å². The predicted molar refractivity (Wildman–Crippen MR) is 72.3 cm³/mol. The van der Waals surface area contributed by atoms with Gasteiger partial charge < -0.3 is 10.4 Å². The number of amides is 1. The Kier molecular flexibility index (Phi) is 5.85. The third-order valence-corrected chi connectivity index (χ3v) is 3.29. The van der Waals surface area contributed by atoms with Gasteiger partial charge in [0.2, 0.25) is 5.91 Å². The van der Waals surface area contributed by atoms with Crippen LogP contribution in [0.3, 0.4) is 0 Å². The van der Waals surface area contributed by atoms with Crippen LogP contribution in [0.2, 0.25) is 0 Å². The Bertz CT molecular complexity index is 434. The molecule has 98 valence electrons. The monoisotopic (exact) mass is 313 g/mol. The highest BCUT2D eigenvalue weighted by molar-refractivity contribution is 9.10. The number of hydrogen-bond acceptors (Lipinski definition) is 2. The van der Waals surface area contributed by atoms with Crippen molar-refractivity contribution in [1.82, 2.24) is 5.32 Å². The second-order valence-corrected chi connectivity index (χ2v) is 4.87. The zero-order valence-corrected chi connectivity index (χ0v) is 11.7. The SMILES string of the molecule is CCCC(NC(=O)Cc1ccccc1Br)C(=O)O. The summed E-state index contributed by atoms with van der Waals surface area (Å²) in [5.74, 6) is -1.26. The first-order valence-corrected chi connectivity index (χ1v) is 6.59. The van der Waals surface area contributed by atoms with E-state index in [0.29, 0.717) is 12.8 Å². The Morgan fingerprint density at radius 1 is 1.39 bits per heavy atom. The molecule has 0 aliphatic rings. The summed E-state index contributed by atoms with van der Waals surface area (Å²) in [6.07, 6.45) is 1.33. The lowest BCUT2D eigenvalue weighted by Crippen LogP contribution is -2.41. The number of benzene rings is 1. The fourth-order valence-corrected chi connectivity index (χ4v) is 2.03. The van der Waals surface area contributed by atoms with Gasteiger partial charge in [0.25, 0.3) is 0 Å². The molecule has 0 radical (unpaired) electrons. The van der Waals surface area contributed by atoms with Gasteiger partial charge in [-0.1, -0.05) is 47.5 Å². The Balaban J connectivity index is 2.61. The highest BCUT2D eigenvalue weighted by atomic mass is 79.9. The minimum atomic E-state index is -0.989. The topological polar surface area (TPSA) is 66.4 Å². The highest BCUT2D eigenvalue weighted by Gasteiger charge is 2.19. The minimum absolute atomic E-state index is 0.176. The molecule has 5 heteroatoms. The molecule has 0 aliphatic carbocycles. The quantitative estimate of drug-likeness (QED) is 0.847. The average molecular weight is 314 g/mol. The van der Waals surface area contributed by atoms with Crippen LogP contribution in [0.1, 0.15) is 25.3 Å². The molecule has 0 saturated heterocycles. The predicted octanol–water partition coefficient (Wildman–Crippen LogP) is 2.36. The molecule has 0 bridgehead atoms. The van der Waals surface area contributed by atoms with Gasteiger partial charge >= 0.3 is 5.97 Å². The number of carbonyl (C=O) groups excluding carboxylic acids is 1. The molecule has 0 aliphatic heterocycles. The van der Waals surface area contributed by atoms with Crippen LogP contribution in [0.5, 0.6) is 0 Å². The van der Waals surface area contributed by atoms with Crippen LogP contribution >= 0.6 is 15.9 Å².